The number of hydrogen-bond donors (Lipinski definition) is 1. The van der Waals surface area contributed by atoms with Gasteiger partial charge in [-0.3, -0.25) is 4.90 Å². The number of hydrogen-bond acceptors (Lipinski definition) is 5. The Morgan fingerprint density at radius 3 is 2.47 bits per heavy atom. The fourth-order valence-corrected chi connectivity index (χ4v) is 2.19. The fourth-order valence-electron chi connectivity index (χ4n) is 2.19. The van der Waals surface area contributed by atoms with E-state index < -0.39 is 5.82 Å². The summed E-state index contributed by atoms with van der Waals surface area (Å²) >= 11 is 0. The third kappa shape index (κ3) is 2.87. The topological polar surface area (TPSA) is 60.9 Å². The third-order valence-corrected chi connectivity index (χ3v) is 3.21. The highest BCUT2D eigenvalue weighted by Gasteiger charge is 2.19. The van der Waals surface area contributed by atoms with Crippen LogP contribution in [0.3, 0.4) is 0 Å². The first-order valence-electron chi connectivity index (χ1n) is 6.23. The highest BCUT2D eigenvalue weighted by atomic mass is 19.1. The molecular weight excluding hydrogens is 247 g/mol. The van der Waals surface area contributed by atoms with Crippen molar-refractivity contribution in [1.29, 1.82) is 0 Å². The van der Waals surface area contributed by atoms with Gasteiger partial charge >= 0.3 is 0 Å². The number of anilines is 1. The van der Waals surface area contributed by atoms with Gasteiger partial charge in [0.15, 0.2) is 5.82 Å². The Labute approximate surface area is 110 Å². The molecule has 1 fully saturated rings. The van der Waals surface area contributed by atoms with Crippen molar-refractivity contribution in [3.63, 3.8) is 0 Å². The molecule has 1 saturated heterocycles. The zero-order chi connectivity index (χ0) is 13.1. The fraction of sp³-hybridized carbons (Fsp3) is 0.417. The molecule has 2 aromatic heterocycles. The van der Waals surface area contributed by atoms with E-state index >= 15 is 0 Å². The average molecular weight is 262 g/mol. The number of imidazole rings is 1. The Morgan fingerprint density at radius 1 is 1.11 bits per heavy atom. The highest BCUT2D eigenvalue weighted by Crippen LogP contribution is 2.11. The maximum Gasteiger partial charge on any atom is 0.225 e. The molecule has 0 bridgehead atoms. The van der Waals surface area contributed by atoms with Crippen LogP contribution in [0.5, 0.6) is 0 Å². The van der Waals surface area contributed by atoms with Crippen LogP contribution in [-0.2, 0) is 6.54 Å². The molecule has 0 radical (unpaired) electrons. The van der Waals surface area contributed by atoms with Gasteiger partial charge in [0.2, 0.25) is 5.95 Å². The third-order valence-electron chi connectivity index (χ3n) is 3.21. The van der Waals surface area contributed by atoms with Crippen molar-refractivity contribution < 1.29 is 4.39 Å². The van der Waals surface area contributed by atoms with Gasteiger partial charge in [0, 0.05) is 44.6 Å². The number of rotatable bonds is 3. The molecule has 19 heavy (non-hydrogen) atoms. The van der Waals surface area contributed by atoms with Gasteiger partial charge in [0.25, 0.3) is 0 Å². The maximum atomic E-state index is 12.8. The molecule has 0 saturated carbocycles. The van der Waals surface area contributed by atoms with E-state index in [1.54, 1.807) is 6.33 Å². The van der Waals surface area contributed by atoms with Gasteiger partial charge in [0.05, 0.1) is 18.7 Å². The molecule has 3 heterocycles. The van der Waals surface area contributed by atoms with Crippen molar-refractivity contribution in [2.24, 2.45) is 0 Å². The first-order valence-corrected chi connectivity index (χ1v) is 6.23. The minimum absolute atomic E-state index is 0.401. The predicted molar refractivity (Wildman–Crippen MR) is 68.1 cm³/mol. The van der Waals surface area contributed by atoms with E-state index in [9.17, 15) is 4.39 Å². The Hall–Kier alpha value is -2.02. The first-order chi connectivity index (χ1) is 9.31. The lowest BCUT2D eigenvalue weighted by atomic mass is 10.3. The smallest absolute Gasteiger partial charge is 0.225 e. The molecule has 1 aliphatic rings. The number of aromatic nitrogens is 4. The van der Waals surface area contributed by atoms with E-state index in [0.717, 1.165) is 38.4 Å². The zero-order valence-electron chi connectivity index (χ0n) is 10.5. The summed E-state index contributed by atoms with van der Waals surface area (Å²) in [4.78, 5) is 19.5. The second kappa shape index (κ2) is 5.31. The highest BCUT2D eigenvalue weighted by molar-refractivity contribution is 5.29. The lowest BCUT2D eigenvalue weighted by Gasteiger charge is -2.34. The van der Waals surface area contributed by atoms with E-state index in [1.165, 1.54) is 12.4 Å². The van der Waals surface area contributed by atoms with Gasteiger partial charge in [0.1, 0.15) is 0 Å². The first kappa shape index (κ1) is 12.0. The molecule has 0 amide bonds. The quantitative estimate of drug-likeness (QED) is 0.880. The normalized spacial score (nSPS) is 16.8. The minimum Gasteiger partial charge on any atom is -0.347 e. The Kier molecular flexibility index (Phi) is 3.37. The van der Waals surface area contributed by atoms with Crippen LogP contribution in [0.4, 0.5) is 10.3 Å². The van der Waals surface area contributed by atoms with E-state index in [2.05, 4.69) is 29.7 Å². The lowest BCUT2D eigenvalue weighted by Crippen LogP contribution is -2.46. The number of H-pyrrole nitrogens is 1. The molecule has 0 spiro atoms. The van der Waals surface area contributed by atoms with Gasteiger partial charge in [-0.2, -0.15) is 0 Å². The predicted octanol–water partition coefficient (Wildman–Crippen LogP) is 0.661. The molecule has 100 valence electrons. The molecule has 0 atom stereocenters. The summed E-state index contributed by atoms with van der Waals surface area (Å²) in [5.74, 6) is 0.198. The van der Waals surface area contributed by atoms with Crippen molar-refractivity contribution in [3.05, 3.63) is 36.4 Å². The van der Waals surface area contributed by atoms with Crippen LogP contribution in [0, 0.1) is 5.82 Å². The van der Waals surface area contributed by atoms with Crippen molar-refractivity contribution in [3.8, 4) is 0 Å². The molecule has 3 rings (SSSR count). The maximum absolute atomic E-state index is 12.8. The SMILES string of the molecule is Fc1cnc(N2CCN(Cc3cnc[nH]3)CC2)nc1. The summed E-state index contributed by atoms with van der Waals surface area (Å²) in [5, 5.41) is 0. The minimum atomic E-state index is -0.401. The van der Waals surface area contributed by atoms with Crippen molar-refractivity contribution in [2.45, 2.75) is 6.54 Å². The van der Waals surface area contributed by atoms with E-state index in [1.807, 2.05) is 6.20 Å². The van der Waals surface area contributed by atoms with E-state index in [0.29, 0.717) is 5.95 Å². The van der Waals surface area contributed by atoms with E-state index in [4.69, 9.17) is 0 Å². The van der Waals surface area contributed by atoms with Gasteiger partial charge in [-0.25, -0.2) is 19.3 Å². The van der Waals surface area contributed by atoms with Crippen LogP contribution in [0.25, 0.3) is 0 Å². The molecular formula is C12H15FN6. The van der Waals surface area contributed by atoms with Crippen LogP contribution in [0.1, 0.15) is 5.69 Å². The summed E-state index contributed by atoms with van der Waals surface area (Å²) in [6.45, 7) is 4.43. The number of halogens is 1. The number of aromatic amines is 1. The molecule has 7 heteroatoms. The zero-order valence-corrected chi connectivity index (χ0v) is 10.5. The van der Waals surface area contributed by atoms with Crippen molar-refractivity contribution in [2.75, 3.05) is 31.1 Å². The molecule has 2 aromatic rings. The standard InChI is InChI=1S/C12H15FN6/c13-10-5-15-12(16-6-10)19-3-1-18(2-4-19)8-11-7-14-9-17-11/h5-7,9H,1-4,8H2,(H,14,17). The molecule has 0 unspecified atom stereocenters. The summed E-state index contributed by atoms with van der Waals surface area (Å²) in [7, 11) is 0. The second-order valence-electron chi connectivity index (χ2n) is 4.54. The summed E-state index contributed by atoms with van der Waals surface area (Å²) in [5.41, 5.74) is 1.12. The summed E-state index contributed by atoms with van der Waals surface area (Å²) in [6, 6.07) is 0. The van der Waals surface area contributed by atoms with Crippen molar-refractivity contribution in [1.82, 2.24) is 24.8 Å². The summed E-state index contributed by atoms with van der Waals surface area (Å²) in [6.07, 6.45) is 5.95. The van der Waals surface area contributed by atoms with Crippen LogP contribution < -0.4 is 4.90 Å². The van der Waals surface area contributed by atoms with Gasteiger partial charge in [-0.15, -0.1) is 0 Å². The Bertz CT molecular complexity index is 504. The van der Waals surface area contributed by atoms with Crippen LogP contribution in [0.2, 0.25) is 0 Å². The second-order valence-corrected chi connectivity index (χ2v) is 4.54. The van der Waals surface area contributed by atoms with E-state index in [-0.39, 0.29) is 0 Å². The van der Waals surface area contributed by atoms with Gasteiger partial charge < -0.3 is 9.88 Å². The molecule has 0 aromatic carbocycles. The summed E-state index contributed by atoms with van der Waals surface area (Å²) < 4.78 is 12.8. The van der Waals surface area contributed by atoms with Gasteiger partial charge in [-0.1, -0.05) is 0 Å². The Morgan fingerprint density at radius 2 is 1.84 bits per heavy atom. The van der Waals surface area contributed by atoms with Crippen molar-refractivity contribution >= 4 is 5.95 Å². The number of nitrogens with zero attached hydrogens (tertiary/aromatic N) is 5. The number of piperazine rings is 1. The number of nitrogens with one attached hydrogen (secondary N) is 1. The monoisotopic (exact) mass is 262 g/mol. The Balaban J connectivity index is 1.56. The molecule has 0 aliphatic carbocycles. The largest absolute Gasteiger partial charge is 0.347 e. The van der Waals surface area contributed by atoms with Gasteiger partial charge in [-0.05, 0) is 0 Å². The molecule has 6 nitrogen and oxygen atoms in total. The van der Waals surface area contributed by atoms with Crippen LogP contribution >= 0.6 is 0 Å². The average Bonchev–Trinajstić information content (AvgIpc) is 2.94. The van der Waals surface area contributed by atoms with Crippen LogP contribution in [-0.4, -0.2) is 51.0 Å². The van der Waals surface area contributed by atoms with Crippen LogP contribution in [0.15, 0.2) is 24.9 Å². The molecule has 1 aliphatic heterocycles. The lowest BCUT2D eigenvalue weighted by molar-refractivity contribution is 0.246. The molecule has 1 N–H and O–H groups in total.